The first-order chi connectivity index (χ1) is 8.24. The number of aryl methyl sites for hydroxylation is 1. The van der Waals surface area contributed by atoms with Crippen LogP contribution in [-0.2, 0) is 7.05 Å². The van der Waals surface area contributed by atoms with Gasteiger partial charge in [0.2, 0.25) is 0 Å². The topological polar surface area (TPSA) is 64.2 Å². The van der Waals surface area contributed by atoms with Crippen LogP contribution in [0.5, 0.6) is 0 Å². The predicted octanol–water partition coefficient (Wildman–Crippen LogP) is 0.488. The molecule has 2 heterocycles. The summed E-state index contributed by atoms with van der Waals surface area (Å²) in [6, 6.07) is 0.372. The molecular formula is C12H20N4O. The first-order valence-corrected chi connectivity index (χ1v) is 6.22. The van der Waals surface area contributed by atoms with E-state index in [4.69, 9.17) is 5.73 Å². The molecule has 2 N–H and O–H groups in total. The lowest BCUT2D eigenvalue weighted by atomic mass is 9.99. The molecule has 0 aliphatic carbocycles. The minimum atomic E-state index is -0.0172. The van der Waals surface area contributed by atoms with Gasteiger partial charge >= 0.3 is 0 Å². The van der Waals surface area contributed by atoms with E-state index in [-0.39, 0.29) is 5.56 Å². The molecule has 1 aromatic rings. The van der Waals surface area contributed by atoms with E-state index in [0.29, 0.717) is 18.4 Å². The first kappa shape index (κ1) is 12.1. The fraction of sp³-hybridized carbons (Fsp3) is 0.667. The molecule has 5 nitrogen and oxygen atoms in total. The third-order valence-electron chi connectivity index (χ3n) is 3.40. The van der Waals surface area contributed by atoms with Crippen LogP contribution in [0.25, 0.3) is 0 Å². The van der Waals surface area contributed by atoms with Crippen molar-refractivity contribution in [1.82, 2.24) is 9.55 Å². The standard InChI is InChI=1S/C12H20N4O/c1-15-9-7-14-11(12(15)17)16-8-3-2-4-10(16)5-6-13/h7,9-10H,2-6,8,13H2,1H3. The van der Waals surface area contributed by atoms with Crippen LogP contribution < -0.4 is 16.2 Å². The SMILES string of the molecule is Cn1ccnc(N2CCCCC2CCN)c1=O. The Hall–Kier alpha value is -1.36. The lowest BCUT2D eigenvalue weighted by molar-refractivity contribution is 0.436. The molecule has 2 rings (SSSR count). The molecule has 1 unspecified atom stereocenters. The molecule has 1 fully saturated rings. The molecule has 1 aliphatic heterocycles. The molecule has 1 atom stereocenters. The van der Waals surface area contributed by atoms with Gasteiger partial charge < -0.3 is 15.2 Å². The van der Waals surface area contributed by atoms with Crippen LogP contribution in [0.3, 0.4) is 0 Å². The highest BCUT2D eigenvalue weighted by atomic mass is 16.1. The molecule has 5 heteroatoms. The number of nitrogens with two attached hydrogens (primary N) is 1. The van der Waals surface area contributed by atoms with Crippen molar-refractivity contribution in [2.45, 2.75) is 31.7 Å². The smallest absolute Gasteiger partial charge is 0.293 e. The van der Waals surface area contributed by atoms with Gasteiger partial charge in [0.25, 0.3) is 5.56 Å². The number of anilines is 1. The Morgan fingerprint density at radius 3 is 3.12 bits per heavy atom. The van der Waals surface area contributed by atoms with Crippen molar-refractivity contribution in [3.8, 4) is 0 Å². The van der Waals surface area contributed by atoms with E-state index in [1.807, 2.05) is 0 Å². The van der Waals surface area contributed by atoms with E-state index >= 15 is 0 Å². The maximum atomic E-state index is 12.0. The maximum Gasteiger partial charge on any atom is 0.293 e. The fourth-order valence-corrected chi connectivity index (χ4v) is 2.45. The average molecular weight is 236 g/mol. The van der Waals surface area contributed by atoms with Crippen molar-refractivity contribution in [2.24, 2.45) is 12.8 Å². The lowest BCUT2D eigenvalue weighted by Gasteiger charge is -2.36. The van der Waals surface area contributed by atoms with Gasteiger partial charge in [0.15, 0.2) is 5.82 Å². The maximum absolute atomic E-state index is 12.0. The molecule has 17 heavy (non-hydrogen) atoms. The minimum Gasteiger partial charge on any atom is -0.349 e. The Morgan fingerprint density at radius 1 is 1.53 bits per heavy atom. The van der Waals surface area contributed by atoms with Crippen molar-refractivity contribution >= 4 is 5.82 Å². The molecule has 1 aliphatic rings. The zero-order valence-electron chi connectivity index (χ0n) is 10.3. The molecule has 0 spiro atoms. The first-order valence-electron chi connectivity index (χ1n) is 6.22. The molecule has 94 valence electrons. The zero-order chi connectivity index (χ0) is 12.3. The van der Waals surface area contributed by atoms with Gasteiger partial charge in [-0.1, -0.05) is 0 Å². The molecule has 1 aromatic heterocycles. The Labute approximate surface area is 101 Å². The number of hydrogen-bond acceptors (Lipinski definition) is 4. The van der Waals surface area contributed by atoms with Gasteiger partial charge in [-0.2, -0.15) is 0 Å². The number of rotatable bonds is 3. The largest absolute Gasteiger partial charge is 0.349 e. The van der Waals surface area contributed by atoms with Crippen LogP contribution >= 0.6 is 0 Å². The van der Waals surface area contributed by atoms with Gasteiger partial charge in [-0.25, -0.2) is 4.98 Å². The second kappa shape index (κ2) is 5.31. The van der Waals surface area contributed by atoms with Crippen molar-refractivity contribution in [2.75, 3.05) is 18.0 Å². The van der Waals surface area contributed by atoms with Gasteiger partial charge in [0.05, 0.1) is 0 Å². The Morgan fingerprint density at radius 2 is 2.35 bits per heavy atom. The quantitative estimate of drug-likeness (QED) is 0.829. The van der Waals surface area contributed by atoms with Gasteiger partial charge in [-0.3, -0.25) is 4.79 Å². The van der Waals surface area contributed by atoms with Crippen LogP contribution in [0.1, 0.15) is 25.7 Å². The summed E-state index contributed by atoms with van der Waals surface area (Å²) in [5.41, 5.74) is 5.62. The third kappa shape index (κ3) is 2.49. The molecular weight excluding hydrogens is 216 g/mol. The van der Waals surface area contributed by atoms with Crippen molar-refractivity contribution in [1.29, 1.82) is 0 Å². The van der Waals surface area contributed by atoms with Gasteiger partial charge in [-0.05, 0) is 32.2 Å². The van der Waals surface area contributed by atoms with E-state index in [0.717, 1.165) is 25.8 Å². The highest BCUT2D eigenvalue weighted by molar-refractivity contribution is 5.37. The number of nitrogens with zero attached hydrogens (tertiary/aromatic N) is 3. The highest BCUT2D eigenvalue weighted by Crippen LogP contribution is 2.22. The molecule has 0 amide bonds. The molecule has 0 bridgehead atoms. The summed E-state index contributed by atoms with van der Waals surface area (Å²) in [5.74, 6) is 0.577. The lowest BCUT2D eigenvalue weighted by Crippen LogP contribution is -2.44. The summed E-state index contributed by atoms with van der Waals surface area (Å²) >= 11 is 0. The number of piperidine rings is 1. The van der Waals surface area contributed by atoms with Crippen molar-refractivity contribution in [3.05, 3.63) is 22.7 Å². The Kier molecular flexibility index (Phi) is 3.78. The third-order valence-corrected chi connectivity index (χ3v) is 3.40. The van der Waals surface area contributed by atoms with E-state index in [1.165, 1.54) is 6.42 Å². The van der Waals surface area contributed by atoms with E-state index in [1.54, 1.807) is 24.0 Å². The van der Waals surface area contributed by atoms with Crippen LogP contribution in [0.15, 0.2) is 17.2 Å². The van der Waals surface area contributed by atoms with E-state index in [2.05, 4.69) is 9.88 Å². The minimum absolute atomic E-state index is 0.0172. The summed E-state index contributed by atoms with van der Waals surface area (Å²) in [6.07, 6.45) is 7.75. The summed E-state index contributed by atoms with van der Waals surface area (Å²) in [6.45, 7) is 1.57. The number of hydrogen-bond donors (Lipinski definition) is 1. The molecule has 0 aromatic carbocycles. The van der Waals surface area contributed by atoms with Crippen LogP contribution in [0, 0.1) is 0 Å². The summed E-state index contributed by atoms with van der Waals surface area (Å²) in [4.78, 5) is 18.4. The van der Waals surface area contributed by atoms with Gasteiger partial charge in [0.1, 0.15) is 0 Å². The Balaban J connectivity index is 2.29. The highest BCUT2D eigenvalue weighted by Gasteiger charge is 2.24. The van der Waals surface area contributed by atoms with Crippen LogP contribution in [-0.4, -0.2) is 28.7 Å². The number of aromatic nitrogens is 2. The van der Waals surface area contributed by atoms with Gasteiger partial charge in [-0.15, -0.1) is 0 Å². The fourth-order valence-electron chi connectivity index (χ4n) is 2.45. The normalized spacial score (nSPS) is 20.6. The van der Waals surface area contributed by atoms with Crippen molar-refractivity contribution < 1.29 is 0 Å². The summed E-state index contributed by atoms with van der Waals surface area (Å²) in [7, 11) is 1.76. The second-order valence-electron chi connectivity index (χ2n) is 4.59. The summed E-state index contributed by atoms with van der Waals surface area (Å²) < 4.78 is 1.58. The molecule has 0 saturated carbocycles. The predicted molar refractivity (Wildman–Crippen MR) is 68.1 cm³/mol. The van der Waals surface area contributed by atoms with Gasteiger partial charge in [0, 0.05) is 32.0 Å². The van der Waals surface area contributed by atoms with E-state index < -0.39 is 0 Å². The van der Waals surface area contributed by atoms with E-state index in [9.17, 15) is 4.79 Å². The molecule has 1 saturated heterocycles. The molecule has 0 radical (unpaired) electrons. The van der Waals surface area contributed by atoms with Crippen LogP contribution in [0.2, 0.25) is 0 Å². The monoisotopic (exact) mass is 236 g/mol. The van der Waals surface area contributed by atoms with Crippen molar-refractivity contribution in [3.63, 3.8) is 0 Å². The second-order valence-corrected chi connectivity index (χ2v) is 4.59. The zero-order valence-corrected chi connectivity index (χ0v) is 10.3. The summed E-state index contributed by atoms with van der Waals surface area (Å²) in [5, 5.41) is 0. The van der Waals surface area contributed by atoms with Crippen LogP contribution in [0.4, 0.5) is 5.82 Å². The Bertz CT molecular complexity index is 427. The average Bonchev–Trinajstić information content (AvgIpc) is 2.34.